The van der Waals surface area contributed by atoms with E-state index in [1.807, 2.05) is 0 Å². The molecule has 0 aliphatic heterocycles. The second kappa shape index (κ2) is 4.89. The van der Waals surface area contributed by atoms with Crippen LogP contribution in [0, 0.1) is 11.6 Å². The average Bonchev–Trinajstić information content (AvgIpc) is 3.10. The van der Waals surface area contributed by atoms with Gasteiger partial charge in [-0.05, 0) is 32.8 Å². The first-order valence-electron chi connectivity index (χ1n) is 6.33. The minimum absolute atomic E-state index is 0.125. The van der Waals surface area contributed by atoms with Crippen LogP contribution in [0.1, 0.15) is 32.3 Å². The lowest BCUT2D eigenvalue weighted by atomic mass is 10.0. The molecule has 1 amide bonds. The molecule has 1 fully saturated rings. The summed E-state index contributed by atoms with van der Waals surface area (Å²) in [5.41, 5.74) is 5.14. The fourth-order valence-electron chi connectivity index (χ4n) is 1.96. The first-order valence-corrected chi connectivity index (χ1v) is 6.33. The number of hydrogen-bond donors (Lipinski definition) is 1. The van der Waals surface area contributed by atoms with Crippen molar-refractivity contribution in [3.05, 3.63) is 35.4 Å². The van der Waals surface area contributed by atoms with Crippen LogP contribution in [0.3, 0.4) is 0 Å². The topological polar surface area (TPSA) is 46.3 Å². The van der Waals surface area contributed by atoms with Gasteiger partial charge in [0.15, 0.2) is 0 Å². The van der Waals surface area contributed by atoms with E-state index < -0.39 is 17.2 Å². The van der Waals surface area contributed by atoms with Gasteiger partial charge in [-0.2, -0.15) is 0 Å². The SMILES string of the molecule is CC(C)(N)C(=O)N(Cc1ccc(F)cc1F)C1CC1. The molecule has 2 rings (SSSR count). The molecular formula is C14H18F2N2O. The van der Waals surface area contributed by atoms with Gasteiger partial charge in [-0.15, -0.1) is 0 Å². The molecule has 0 atom stereocenters. The minimum atomic E-state index is -0.987. The number of rotatable bonds is 4. The Bertz CT molecular complexity index is 493. The molecule has 1 aliphatic carbocycles. The smallest absolute Gasteiger partial charge is 0.242 e. The Morgan fingerprint density at radius 1 is 1.42 bits per heavy atom. The molecule has 0 unspecified atom stereocenters. The standard InChI is InChI=1S/C14H18F2N2O/c1-14(2,17)13(19)18(11-5-6-11)8-9-3-4-10(15)7-12(9)16/h3-4,7,11H,5-6,8,17H2,1-2H3. The Morgan fingerprint density at radius 2 is 2.05 bits per heavy atom. The zero-order valence-electron chi connectivity index (χ0n) is 11.1. The molecule has 2 N–H and O–H groups in total. The van der Waals surface area contributed by atoms with Gasteiger partial charge in [0.2, 0.25) is 5.91 Å². The van der Waals surface area contributed by atoms with E-state index in [9.17, 15) is 13.6 Å². The molecule has 19 heavy (non-hydrogen) atoms. The molecule has 1 aromatic rings. The van der Waals surface area contributed by atoms with Crippen LogP contribution in [-0.2, 0) is 11.3 Å². The Morgan fingerprint density at radius 3 is 2.53 bits per heavy atom. The molecule has 0 aromatic heterocycles. The van der Waals surface area contributed by atoms with E-state index in [-0.39, 0.29) is 18.5 Å². The van der Waals surface area contributed by atoms with Gasteiger partial charge in [0.25, 0.3) is 0 Å². The summed E-state index contributed by atoms with van der Waals surface area (Å²) < 4.78 is 26.5. The van der Waals surface area contributed by atoms with Gasteiger partial charge in [0.05, 0.1) is 5.54 Å². The van der Waals surface area contributed by atoms with Crippen LogP contribution in [0.2, 0.25) is 0 Å². The van der Waals surface area contributed by atoms with Gasteiger partial charge in [-0.25, -0.2) is 8.78 Å². The predicted octanol–water partition coefficient (Wildman–Crippen LogP) is 2.19. The average molecular weight is 268 g/mol. The highest BCUT2D eigenvalue weighted by Crippen LogP contribution is 2.30. The van der Waals surface area contributed by atoms with E-state index in [4.69, 9.17) is 5.73 Å². The van der Waals surface area contributed by atoms with E-state index in [1.54, 1.807) is 18.7 Å². The van der Waals surface area contributed by atoms with Crippen LogP contribution in [0.15, 0.2) is 18.2 Å². The molecule has 1 saturated carbocycles. The summed E-state index contributed by atoms with van der Waals surface area (Å²) in [6.45, 7) is 3.40. The molecule has 1 aliphatic rings. The summed E-state index contributed by atoms with van der Waals surface area (Å²) in [7, 11) is 0. The molecule has 3 nitrogen and oxygen atoms in total. The number of halogens is 2. The van der Waals surface area contributed by atoms with E-state index in [0.717, 1.165) is 18.9 Å². The van der Waals surface area contributed by atoms with Gasteiger partial charge >= 0.3 is 0 Å². The summed E-state index contributed by atoms with van der Waals surface area (Å²) in [5.74, 6) is -1.46. The van der Waals surface area contributed by atoms with Crippen LogP contribution in [0.4, 0.5) is 8.78 Å². The van der Waals surface area contributed by atoms with E-state index >= 15 is 0 Å². The molecule has 104 valence electrons. The van der Waals surface area contributed by atoms with Crippen LogP contribution < -0.4 is 5.73 Å². The van der Waals surface area contributed by atoms with Gasteiger partial charge in [-0.1, -0.05) is 6.07 Å². The van der Waals surface area contributed by atoms with Gasteiger partial charge in [0, 0.05) is 24.2 Å². The zero-order valence-corrected chi connectivity index (χ0v) is 11.1. The van der Waals surface area contributed by atoms with Crippen molar-refractivity contribution in [2.75, 3.05) is 0 Å². The number of nitrogens with two attached hydrogens (primary N) is 1. The lowest BCUT2D eigenvalue weighted by Gasteiger charge is -2.29. The lowest BCUT2D eigenvalue weighted by molar-refractivity contribution is -0.137. The fraction of sp³-hybridized carbons (Fsp3) is 0.500. The summed E-state index contributed by atoms with van der Waals surface area (Å²) in [6, 6.07) is 3.52. The third-order valence-electron chi connectivity index (χ3n) is 3.16. The predicted molar refractivity (Wildman–Crippen MR) is 68.2 cm³/mol. The Kier molecular flexibility index (Phi) is 3.58. The highest BCUT2D eigenvalue weighted by atomic mass is 19.1. The van der Waals surface area contributed by atoms with Gasteiger partial charge in [0.1, 0.15) is 11.6 Å². The maximum absolute atomic E-state index is 13.6. The van der Waals surface area contributed by atoms with Crippen molar-refractivity contribution in [1.82, 2.24) is 4.90 Å². The molecule has 1 aromatic carbocycles. The van der Waals surface area contributed by atoms with Crippen molar-refractivity contribution < 1.29 is 13.6 Å². The van der Waals surface area contributed by atoms with Crippen LogP contribution >= 0.6 is 0 Å². The fourth-order valence-corrected chi connectivity index (χ4v) is 1.96. The highest BCUT2D eigenvalue weighted by molar-refractivity contribution is 5.85. The number of hydrogen-bond acceptors (Lipinski definition) is 2. The van der Waals surface area contributed by atoms with Crippen molar-refractivity contribution >= 4 is 5.91 Å². The quantitative estimate of drug-likeness (QED) is 0.910. The third kappa shape index (κ3) is 3.29. The number of carbonyl (C=O) groups is 1. The molecular weight excluding hydrogens is 250 g/mol. The summed E-state index contributed by atoms with van der Waals surface area (Å²) in [6.07, 6.45) is 1.81. The lowest BCUT2D eigenvalue weighted by Crippen LogP contribution is -2.51. The summed E-state index contributed by atoms with van der Waals surface area (Å²) in [5, 5.41) is 0. The second-order valence-electron chi connectivity index (χ2n) is 5.62. The summed E-state index contributed by atoms with van der Waals surface area (Å²) in [4.78, 5) is 13.8. The maximum Gasteiger partial charge on any atom is 0.242 e. The van der Waals surface area contributed by atoms with Crippen molar-refractivity contribution in [2.24, 2.45) is 5.73 Å². The number of amides is 1. The first-order chi connectivity index (χ1) is 8.79. The molecule has 0 heterocycles. The van der Waals surface area contributed by atoms with Gasteiger partial charge in [-0.3, -0.25) is 4.79 Å². The Balaban J connectivity index is 2.20. The largest absolute Gasteiger partial charge is 0.334 e. The summed E-state index contributed by atoms with van der Waals surface area (Å²) >= 11 is 0. The molecule has 0 radical (unpaired) electrons. The van der Waals surface area contributed by atoms with Crippen molar-refractivity contribution in [3.63, 3.8) is 0 Å². The first kappa shape index (κ1) is 13.9. The van der Waals surface area contributed by atoms with Crippen molar-refractivity contribution in [1.29, 1.82) is 0 Å². The molecule has 0 bridgehead atoms. The molecule has 0 saturated heterocycles. The highest BCUT2D eigenvalue weighted by Gasteiger charge is 2.38. The number of benzene rings is 1. The Labute approximate surface area is 111 Å². The van der Waals surface area contributed by atoms with Crippen molar-refractivity contribution in [2.45, 2.75) is 44.8 Å². The van der Waals surface area contributed by atoms with Crippen molar-refractivity contribution in [3.8, 4) is 0 Å². The Hall–Kier alpha value is -1.49. The number of carbonyl (C=O) groups excluding carboxylic acids is 1. The van der Waals surface area contributed by atoms with Gasteiger partial charge < -0.3 is 10.6 Å². The normalized spacial score (nSPS) is 15.4. The zero-order chi connectivity index (χ0) is 14.2. The molecule has 0 spiro atoms. The monoisotopic (exact) mass is 268 g/mol. The van der Waals surface area contributed by atoms with E-state index in [2.05, 4.69) is 0 Å². The minimum Gasteiger partial charge on any atom is -0.334 e. The second-order valence-corrected chi connectivity index (χ2v) is 5.62. The number of nitrogens with zero attached hydrogens (tertiary/aromatic N) is 1. The van der Waals surface area contributed by atoms with E-state index in [0.29, 0.717) is 5.56 Å². The van der Waals surface area contributed by atoms with Crippen LogP contribution in [-0.4, -0.2) is 22.4 Å². The molecule has 5 heteroatoms. The maximum atomic E-state index is 13.6. The van der Waals surface area contributed by atoms with E-state index in [1.165, 1.54) is 12.1 Å². The third-order valence-corrected chi connectivity index (χ3v) is 3.16. The van der Waals surface area contributed by atoms with Crippen LogP contribution in [0.5, 0.6) is 0 Å². The van der Waals surface area contributed by atoms with Crippen LogP contribution in [0.25, 0.3) is 0 Å².